The fraction of sp³-hybridized carbons (Fsp3) is 0.500. The highest BCUT2D eigenvalue weighted by Crippen LogP contribution is 2.38. The van der Waals surface area contributed by atoms with Gasteiger partial charge in [0.2, 0.25) is 5.91 Å². The molecule has 2 aliphatic rings. The van der Waals surface area contributed by atoms with Gasteiger partial charge in [-0.25, -0.2) is 4.79 Å². The van der Waals surface area contributed by atoms with Gasteiger partial charge in [0, 0.05) is 37.5 Å². The number of amides is 2. The number of fused-ring (bicyclic) bond motifs is 1. The van der Waals surface area contributed by atoms with Crippen LogP contribution in [0.25, 0.3) is 0 Å². The number of alkyl carbamates (subject to hydrolysis) is 1. The Bertz CT molecular complexity index is 1040. The van der Waals surface area contributed by atoms with E-state index >= 15 is 0 Å². The number of rotatable bonds is 7. The molecule has 1 aromatic heterocycles. The first-order valence-corrected chi connectivity index (χ1v) is 12.8. The summed E-state index contributed by atoms with van der Waals surface area (Å²) in [7, 11) is 0. The number of benzene rings is 1. The molecule has 2 aromatic rings. The van der Waals surface area contributed by atoms with Crippen LogP contribution in [0, 0.1) is 17.2 Å². The first-order chi connectivity index (χ1) is 16.5. The van der Waals surface area contributed by atoms with Gasteiger partial charge in [-0.2, -0.15) is 5.26 Å². The van der Waals surface area contributed by atoms with Crippen LogP contribution in [0.1, 0.15) is 60.1 Å². The molecule has 2 N–H and O–H groups in total. The second-order valence-corrected chi connectivity index (χ2v) is 10.2. The van der Waals surface area contributed by atoms with Crippen LogP contribution < -0.4 is 10.6 Å². The Hall–Kier alpha value is -2.89. The van der Waals surface area contributed by atoms with Crippen molar-refractivity contribution < 1.29 is 19.1 Å². The van der Waals surface area contributed by atoms with Crippen molar-refractivity contribution in [2.45, 2.75) is 57.5 Å². The summed E-state index contributed by atoms with van der Waals surface area (Å²) >= 11 is 1.42. The van der Waals surface area contributed by atoms with Gasteiger partial charge in [-0.05, 0) is 48.6 Å². The third-order valence-electron chi connectivity index (χ3n) is 6.59. The molecule has 2 atom stereocenters. The van der Waals surface area contributed by atoms with Crippen LogP contribution >= 0.6 is 11.3 Å². The van der Waals surface area contributed by atoms with Crippen molar-refractivity contribution in [1.82, 2.24) is 5.32 Å². The Kier molecular flexibility index (Phi) is 8.20. The number of carbonyl (C=O) groups is 2. The van der Waals surface area contributed by atoms with Gasteiger partial charge in [-0.3, -0.25) is 4.79 Å². The summed E-state index contributed by atoms with van der Waals surface area (Å²) in [5.74, 6) is 0.413. The predicted octanol–water partition coefficient (Wildman–Crippen LogP) is 4.76. The van der Waals surface area contributed by atoms with E-state index < -0.39 is 0 Å². The van der Waals surface area contributed by atoms with Crippen LogP contribution in [0.5, 0.6) is 0 Å². The Balaban J connectivity index is 1.32. The van der Waals surface area contributed by atoms with Crippen LogP contribution in [-0.4, -0.2) is 37.9 Å². The number of nitriles is 1. The Morgan fingerprint density at radius 2 is 2.00 bits per heavy atom. The van der Waals surface area contributed by atoms with Gasteiger partial charge >= 0.3 is 6.09 Å². The molecule has 1 aromatic carbocycles. The van der Waals surface area contributed by atoms with E-state index in [-0.39, 0.29) is 24.0 Å². The van der Waals surface area contributed by atoms with Gasteiger partial charge in [-0.1, -0.05) is 37.3 Å². The summed E-state index contributed by atoms with van der Waals surface area (Å²) in [4.78, 5) is 26.0. The Labute approximate surface area is 204 Å². The molecule has 0 saturated carbocycles. The molecule has 1 fully saturated rings. The molecule has 34 heavy (non-hydrogen) atoms. The maximum absolute atomic E-state index is 12.7. The van der Waals surface area contributed by atoms with Crippen LogP contribution in [-0.2, 0) is 27.1 Å². The molecule has 0 spiro atoms. The van der Waals surface area contributed by atoms with E-state index in [1.54, 1.807) is 0 Å². The number of anilines is 1. The zero-order valence-corrected chi connectivity index (χ0v) is 20.3. The lowest BCUT2D eigenvalue weighted by atomic mass is 9.93. The smallest absolute Gasteiger partial charge is 0.407 e. The molecule has 1 saturated heterocycles. The molecule has 1 aliphatic heterocycles. The van der Waals surface area contributed by atoms with Crippen LogP contribution in [0.4, 0.5) is 9.80 Å². The molecule has 0 bridgehead atoms. The van der Waals surface area contributed by atoms with Crippen LogP contribution in [0.3, 0.4) is 0 Å². The number of carbonyl (C=O) groups excluding carboxylic acids is 2. The second-order valence-electron chi connectivity index (χ2n) is 9.09. The van der Waals surface area contributed by atoms with Crippen molar-refractivity contribution in [1.29, 1.82) is 5.26 Å². The van der Waals surface area contributed by atoms with E-state index in [0.29, 0.717) is 48.7 Å². The van der Waals surface area contributed by atoms with E-state index in [1.165, 1.54) is 11.3 Å². The lowest BCUT2D eigenvalue weighted by Gasteiger charge is -2.24. The van der Waals surface area contributed by atoms with E-state index in [1.807, 2.05) is 37.3 Å². The minimum Gasteiger partial charge on any atom is -0.446 e. The molecule has 7 nitrogen and oxygen atoms in total. The standard InChI is InChI=1S/C26H31N3O4S/c1-17(19-5-3-2-4-6-19)13-24(30)29-25-22(15-27)21-8-7-20(14-23(21)34-25)33-26(31)28-16-18-9-11-32-12-10-18/h2-6,17-18,20H,7-14,16H2,1H3,(H,28,31)(H,29,30). The van der Waals surface area contributed by atoms with Gasteiger partial charge in [0.25, 0.3) is 0 Å². The molecule has 8 heteroatoms. The van der Waals surface area contributed by atoms with Gasteiger partial charge < -0.3 is 20.1 Å². The van der Waals surface area contributed by atoms with E-state index in [4.69, 9.17) is 9.47 Å². The normalized spacial score (nSPS) is 18.9. The lowest BCUT2D eigenvalue weighted by Crippen LogP contribution is -2.36. The molecular formula is C26H31N3O4S. The van der Waals surface area contributed by atoms with Crippen molar-refractivity contribution in [3.8, 4) is 6.07 Å². The molecule has 2 unspecified atom stereocenters. The molecule has 1 aliphatic carbocycles. The fourth-order valence-corrected chi connectivity index (χ4v) is 5.87. The number of nitrogens with zero attached hydrogens (tertiary/aromatic N) is 1. The highest BCUT2D eigenvalue weighted by atomic mass is 32.1. The minimum absolute atomic E-state index is 0.0822. The topological polar surface area (TPSA) is 100 Å². The molecule has 2 heterocycles. The molecule has 180 valence electrons. The first-order valence-electron chi connectivity index (χ1n) is 11.9. The number of ether oxygens (including phenoxy) is 2. The van der Waals surface area contributed by atoms with E-state index in [0.717, 1.165) is 42.1 Å². The van der Waals surface area contributed by atoms with Crippen molar-refractivity contribution in [3.63, 3.8) is 0 Å². The van der Waals surface area contributed by atoms with Crippen molar-refractivity contribution >= 4 is 28.3 Å². The Morgan fingerprint density at radius 1 is 1.24 bits per heavy atom. The summed E-state index contributed by atoms with van der Waals surface area (Å²) in [6.07, 6.45) is 3.53. The van der Waals surface area contributed by atoms with E-state index in [9.17, 15) is 14.9 Å². The highest BCUT2D eigenvalue weighted by Gasteiger charge is 2.29. The summed E-state index contributed by atoms with van der Waals surface area (Å²) in [5, 5.41) is 16.2. The maximum atomic E-state index is 12.7. The van der Waals surface area contributed by atoms with Crippen LogP contribution in [0.15, 0.2) is 30.3 Å². The fourth-order valence-electron chi connectivity index (χ4n) is 4.59. The molecular weight excluding hydrogens is 450 g/mol. The average molecular weight is 482 g/mol. The van der Waals surface area contributed by atoms with E-state index in [2.05, 4.69) is 16.7 Å². The number of nitrogens with one attached hydrogen (secondary N) is 2. The first kappa shape index (κ1) is 24.2. The predicted molar refractivity (Wildman–Crippen MR) is 131 cm³/mol. The quantitative estimate of drug-likeness (QED) is 0.594. The second kappa shape index (κ2) is 11.5. The lowest BCUT2D eigenvalue weighted by molar-refractivity contribution is -0.116. The molecule has 4 rings (SSSR count). The highest BCUT2D eigenvalue weighted by molar-refractivity contribution is 7.16. The molecule has 2 amide bonds. The zero-order valence-electron chi connectivity index (χ0n) is 19.5. The monoisotopic (exact) mass is 481 g/mol. The SMILES string of the molecule is CC(CC(=O)Nc1sc2c(c1C#N)CCC(OC(=O)NCC1CCOCC1)C2)c1ccccc1. The minimum atomic E-state index is -0.388. The summed E-state index contributed by atoms with van der Waals surface area (Å²) in [5.41, 5.74) is 2.63. The summed E-state index contributed by atoms with van der Waals surface area (Å²) in [6, 6.07) is 12.2. The third-order valence-corrected chi connectivity index (χ3v) is 7.76. The molecule has 0 radical (unpaired) electrons. The Morgan fingerprint density at radius 3 is 2.74 bits per heavy atom. The largest absolute Gasteiger partial charge is 0.446 e. The number of thiophene rings is 1. The van der Waals surface area contributed by atoms with Crippen molar-refractivity contribution in [3.05, 3.63) is 51.9 Å². The van der Waals surface area contributed by atoms with Gasteiger partial charge in [0.05, 0.1) is 5.56 Å². The maximum Gasteiger partial charge on any atom is 0.407 e. The van der Waals surface area contributed by atoms with Crippen molar-refractivity contribution in [2.75, 3.05) is 25.1 Å². The summed E-state index contributed by atoms with van der Waals surface area (Å²) < 4.78 is 11.0. The summed E-state index contributed by atoms with van der Waals surface area (Å²) in [6.45, 7) is 4.12. The number of hydrogen-bond donors (Lipinski definition) is 2. The zero-order chi connectivity index (χ0) is 23.9. The average Bonchev–Trinajstić information content (AvgIpc) is 3.19. The third kappa shape index (κ3) is 6.16. The van der Waals surface area contributed by atoms with Gasteiger partial charge in [0.1, 0.15) is 17.2 Å². The number of hydrogen-bond acceptors (Lipinski definition) is 6. The van der Waals surface area contributed by atoms with Gasteiger partial charge in [0.15, 0.2) is 0 Å². The van der Waals surface area contributed by atoms with Crippen molar-refractivity contribution in [2.24, 2.45) is 5.92 Å². The van der Waals surface area contributed by atoms with Crippen LogP contribution in [0.2, 0.25) is 0 Å². The van der Waals surface area contributed by atoms with Gasteiger partial charge in [-0.15, -0.1) is 11.3 Å².